The minimum Gasteiger partial charge on any atom is -0.200 e. The molecule has 5 heteroatoms. The van der Waals surface area contributed by atoms with E-state index in [4.69, 9.17) is 6.42 Å². The number of hydrogen-bond donors (Lipinski definition) is 0. The molecule has 4 nitrogen and oxygen atoms in total. The van der Waals surface area contributed by atoms with Gasteiger partial charge in [0.2, 0.25) is 0 Å². The third-order valence-electron chi connectivity index (χ3n) is 2.96. The van der Waals surface area contributed by atoms with Crippen LogP contribution >= 0.6 is 0 Å². The molecule has 0 saturated carbocycles. The van der Waals surface area contributed by atoms with Gasteiger partial charge in [-0.15, -0.1) is 6.42 Å². The normalized spacial score (nSPS) is 11.3. The summed E-state index contributed by atoms with van der Waals surface area (Å²) in [6, 6.07) is 15.8. The molecule has 2 aromatic carbocycles. The summed E-state index contributed by atoms with van der Waals surface area (Å²) in [5, 5.41) is 4.03. The third-order valence-corrected chi connectivity index (χ3v) is 4.60. The summed E-state index contributed by atoms with van der Waals surface area (Å²) in [5.41, 5.74) is 1.78. The number of terminal acetylenes is 1. The van der Waals surface area contributed by atoms with E-state index >= 15 is 0 Å². The highest BCUT2D eigenvalue weighted by Crippen LogP contribution is 2.16. The summed E-state index contributed by atoms with van der Waals surface area (Å²) in [6.45, 7) is 1.77. The van der Waals surface area contributed by atoms with Crippen molar-refractivity contribution >= 4 is 16.2 Å². The van der Waals surface area contributed by atoms with Gasteiger partial charge in [0, 0.05) is 0 Å². The van der Waals surface area contributed by atoms with Crippen molar-refractivity contribution in [2.75, 3.05) is 6.54 Å². The fourth-order valence-corrected chi connectivity index (χ4v) is 2.91. The Kier molecular flexibility index (Phi) is 4.97. The molecule has 0 aromatic heterocycles. The van der Waals surface area contributed by atoms with E-state index in [0.29, 0.717) is 0 Å². The average molecular weight is 312 g/mol. The molecule has 0 bridgehead atoms. The fraction of sp³-hybridized carbons (Fsp3) is 0.118. The van der Waals surface area contributed by atoms with Gasteiger partial charge in [-0.3, -0.25) is 0 Å². The molecule has 2 rings (SSSR count). The zero-order chi connectivity index (χ0) is 16.0. The molecule has 0 aliphatic carbocycles. The first-order valence-corrected chi connectivity index (χ1v) is 8.10. The molecule has 0 aliphatic heterocycles. The zero-order valence-corrected chi connectivity index (χ0v) is 13.0. The first-order valence-electron chi connectivity index (χ1n) is 6.66. The first-order chi connectivity index (χ1) is 10.5. The molecule has 0 atom stereocenters. The lowest BCUT2D eigenvalue weighted by molar-refractivity contribution is 0.468. The molecule has 0 spiro atoms. The van der Waals surface area contributed by atoms with Gasteiger partial charge in [-0.05, 0) is 24.6 Å². The quantitative estimate of drug-likeness (QED) is 0.484. The van der Waals surface area contributed by atoms with Crippen LogP contribution in [-0.2, 0) is 10.0 Å². The number of rotatable bonds is 5. The Hall–Kier alpha value is -2.58. The third kappa shape index (κ3) is 3.74. The average Bonchev–Trinajstić information content (AvgIpc) is 2.52. The van der Waals surface area contributed by atoms with E-state index in [0.717, 1.165) is 15.5 Å². The molecular formula is C17H16N2O2S. The molecule has 0 fully saturated rings. The minimum absolute atomic E-state index is 0.125. The Labute approximate surface area is 131 Å². The lowest BCUT2D eigenvalue weighted by Gasteiger charge is -2.16. The van der Waals surface area contributed by atoms with Crippen LogP contribution in [0.15, 0.2) is 64.6 Å². The van der Waals surface area contributed by atoms with Crippen LogP contribution in [0.5, 0.6) is 0 Å². The SMILES string of the molecule is C#CCN(/N=C/c1ccccc1)S(=O)(=O)c1ccc(C)cc1. The summed E-state index contributed by atoms with van der Waals surface area (Å²) in [4.78, 5) is 0.165. The molecule has 0 unspecified atom stereocenters. The molecule has 0 N–H and O–H groups in total. The predicted molar refractivity (Wildman–Crippen MR) is 87.9 cm³/mol. The highest BCUT2D eigenvalue weighted by Gasteiger charge is 2.21. The van der Waals surface area contributed by atoms with E-state index in [2.05, 4.69) is 11.0 Å². The molecule has 0 aliphatic rings. The number of aryl methyl sites for hydroxylation is 1. The lowest BCUT2D eigenvalue weighted by Crippen LogP contribution is -2.26. The molecule has 112 valence electrons. The predicted octanol–water partition coefficient (Wildman–Crippen LogP) is 2.65. The van der Waals surface area contributed by atoms with E-state index in [1.807, 2.05) is 37.3 Å². The van der Waals surface area contributed by atoms with Gasteiger partial charge in [-0.1, -0.05) is 53.9 Å². The van der Waals surface area contributed by atoms with Crippen molar-refractivity contribution < 1.29 is 8.42 Å². The standard InChI is InChI=1S/C17H16N2O2S/c1-3-13-19(18-14-16-7-5-4-6-8-16)22(20,21)17-11-9-15(2)10-12-17/h1,4-12,14H,13H2,2H3/b18-14+. The maximum absolute atomic E-state index is 12.6. The monoisotopic (exact) mass is 312 g/mol. The van der Waals surface area contributed by atoms with Gasteiger partial charge < -0.3 is 0 Å². The van der Waals surface area contributed by atoms with Crippen LogP contribution in [0.4, 0.5) is 0 Å². The maximum atomic E-state index is 12.6. The fourth-order valence-electron chi connectivity index (χ4n) is 1.77. The van der Waals surface area contributed by atoms with E-state index < -0.39 is 10.0 Å². The number of hydrazone groups is 1. The van der Waals surface area contributed by atoms with Crippen molar-refractivity contribution in [3.63, 3.8) is 0 Å². The molecule has 0 amide bonds. The molecule has 22 heavy (non-hydrogen) atoms. The van der Waals surface area contributed by atoms with Gasteiger partial charge in [0.05, 0.1) is 11.1 Å². The van der Waals surface area contributed by atoms with E-state index in [1.54, 1.807) is 24.3 Å². The summed E-state index contributed by atoms with van der Waals surface area (Å²) in [7, 11) is -3.76. The van der Waals surface area contributed by atoms with Crippen LogP contribution in [0.3, 0.4) is 0 Å². The van der Waals surface area contributed by atoms with Crippen LogP contribution in [-0.4, -0.2) is 25.6 Å². The summed E-state index contributed by atoms with van der Waals surface area (Å²) in [6.07, 6.45) is 6.74. The minimum atomic E-state index is -3.76. The maximum Gasteiger partial charge on any atom is 0.279 e. The first kappa shape index (κ1) is 15.8. The number of benzene rings is 2. The van der Waals surface area contributed by atoms with Crippen molar-refractivity contribution in [3.8, 4) is 12.3 Å². The number of hydrogen-bond acceptors (Lipinski definition) is 3. The van der Waals surface area contributed by atoms with Gasteiger partial charge >= 0.3 is 0 Å². The Morgan fingerprint density at radius 1 is 1.14 bits per heavy atom. The van der Waals surface area contributed by atoms with Crippen molar-refractivity contribution in [1.29, 1.82) is 0 Å². The molecule has 0 saturated heterocycles. The Balaban J connectivity index is 2.33. The summed E-state index contributed by atoms with van der Waals surface area (Å²) < 4.78 is 26.1. The van der Waals surface area contributed by atoms with Gasteiger partial charge in [0.1, 0.15) is 6.54 Å². The van der Waals surface area contributed by atoms with Crippen molar-refractivity contribution in [2.45, 2.75) is 11.8 Å². The molecule has 2 aromatic rings. The second-order valence-corrected chi connectivity index (χ2v) is 6.50. The molecule has 0 heterocycles. The van der Waals surface area contributed by atoms with Gasteiger partial charge in [0.25, 0.3) is 10.0 Å². The van der Waals surface area contributed by atoms with Gasteiger partial charge in [-0.2, -0.15) is 17.9 Å². The van der Waals surface area contributed by atoms with E-state index in [9.17, 15) is 8.42 Å². The van der Waals surface area contributed by atoms with Crippen LogP contribution in [0.25, 0.3) is 0 Å². The van der Waals surface area contributed by atoms with Crippen molar-refractivity contribution in [3.05, 3.63) is 65.7 Å². The van der Waals surface area contributed by atoms with E-state index in [-0.39, 0.29) is 11.4 Å². The smallest absolute Gasteiger partial charge is 0.200 e. The largest absolute Gasteiger partial charge is 0.279 e. The second kappa shape index (κ2) is 6.92. The molecular weight excluding hydrogens is 296 g/mol. The van der Waals surface area contributed by atoms with Crippen LogP contribution < -0.4 is 0 Å². The topological polar surface area (TPSA) is 49.7 Å². The Morgan fingerprint density at radius 3 is 2.36 bits per heavy atom. The van der Waals surface area contributed by atoms with Gasteiger partial charge in [0.15, 0.2) is 0 Å². The molecule has 0 radical (unpaired) electrons. The van der Waals surface area contributed by atoms with Gasteiger partial charge in [-0.25, -0.2) is 0 Å². The second-order valence-electron chi connectivity index (χ2n) is 4.66. The van der Waals surface area contributed by atoms with Crippen molar-refractivity contribution in [1.82, 2.24) is 4.41 Å². The Bertz CT molecular complexity index is 789. The van der Waals surface area contributed by atoms with E-state index in [1.165, 1.54) is 6.21 Å². The van der Waals surface area contributed by atoms with Crippen LogP contribution in [0, 0.1) is 19.3 Å². The summed E-state index contributed by atoms with van der Waals surface area (Å²) in [5.74, 6) is 2.32. The van der Waals surface area contributed by atoms with Crippen LogP contribution in [0.2, 0.25) is 0 Å². The zero-order valence-electron chi connectivity index (χ0n) is 12.2. The number of nitrogens with zero attached hydrogens (tertiary/aromatic N) is 2. The van der Waals surface area contributed by atoms with Crippen LogP contribution in [0.1, 0.15) is 11.1 Å². The lowest BCUT2D eigenvalue weighted by atomic mass is 10.2. The Morgan fingerprint density at radius 2 is 1.77 bits per heavy atom. The summed E-state index contributed by atoms with van der Waals surface area (Å²) >= 11 is 0. The van der Waals surface area contributed by atoms with Crippen molar-refractivity contribution in [2.24, 2.45) is 5.10 Å². The number of sulfonamides is 1. The highest BCUT2D eigenvalue weighted by molar-refractivity contribution is 7.89. The highest BCUT2D eigenvalue weighted by atomic mass is 32.2.